The largest absolute Gasteiger partial charge is 0.508 e. The third-order valence-corrected chi connectivity index (χ3v) is 3.45. The van der Waals surface area contributed by atoms with Crippen LogP contribution in [0.2, 0.25) is 0 Å². The van der Waals surface area contributed by atoms with Crippen LogP contribution in [0.4, 0.5) is 0 Å². The summed E-state index contributed by atoms with van der Waals surface area (Å²) in [4.78, 5) is 25.6. The molecule has 1 heterocycles. The van der Waals surface area contributed by atoms with Crippen LogP contribution in [0.1, 0.15) is 22.3 Å². The van der Waals surface area contributed by atoms with Crippen molar-refractivity contribution in [2.24, 2.45) is 0 Å². The maximum absolute atomic E-state index is 11.9. The van der Waals surface area contributed by atoms with Gasteiger partial charge in [-0.1, -0.05) is 0 Å². The number of nitrogens with zero attached hydrogens (tertiary/aromatic N) is 1. The summed E-state index contributed by atoms with van der Waals surface area (Å²) in [5.41, 5.74) is 1.12. The zero-order chi connectivity index (χ0) is 15.2. The molecule has 0 atom stereocenters. The molecule has 0 bridgehead atoms. The molecule has 1 fully saturated rings. The first-order valence-corrected chi connectivity index (χ1v) is 7.01. The standard InChI is InChI=1S/C15H20N2O4/c1-11-10-12(2-3-13(11)18)15(20)16-5-4-14(19)17-6-8-21-9-7-17/h2-3,10,18H,4-9H2,1H3,(H,16,20). The molecule has 0 saturated carbocycles. The van der Waals surface area contributed by atoms with Gasteiger partial charge in [-0.3, -0.25) is 9.59 Å². The summed E-state index contributed by atoms with van der Waals surface area (Å²) in [7, 11) is 0. The van der Waals surface area contributed by atoms with Crippen molar-refractivity contribution in [3.63, 3.8) is 0 Å². The summed E-state index contributed by atoms with van der Waals surface area (Å²) < 4.78 is 5.19. The fourth-order valence-electron chi connectivity index (χ4n) is 2.15. The lowest BCUT2D eigenvalue weighted by Crippen LogP contribution is -2.42. The molecule has 2 amide bonds. The fraction of sp³-hybridized carbons (Fsp3) is 0.467. The number of hydrogen-bond acceptors (Lipinski definition) is 4. The normalized spacial score (nSPS) is 14.8. The second kappa shape index (κ2) is 7.08. The predicted molar refractivity (Wildman–Crippen MR) is 77.2 cm³/mol. The van der Waals surface area contributed by atoms with Gasteiger partial charge in [0.25, 0.3) is 5.91 Å². The Bertz CT molecular complexity index is 524. The van der Waals surface area contributed by atoms with Gasteiger partial charge in [0.2, 0.25) is 5.91 Å². The van der Waals surface area contributed by atoms with Crippen molar-refractivity contribution in [1.82, 2.24) is 10.2 Å². The van der Waals surface area contributed by atoms with Crippen LogP contribution in [0.3, 0.4) is 0 Å². The molecule has 2 N–H and O–H groups in total. The van der Waals surface area contributed by atoms with Crippen LogP contribution in [-0.4, -0.2) is 54.7 Å². The average molecular weight is 292 g/mol. The Labute approximate surface area is 123 Å². The third-order valence-electron chi connectivity index (χ3n) is 3.45. The highest BCUT2D eigenvalue weighted by Crippen LogP contribution is 2.16. The zero-order valence-electron chi connectivity index (χ0n) is 12.1. The first-order chi connectivity index (χ1) is 10.1. The molecule has 0 aromatic heterocycles. The summed E-state index contributed by atoms with van der Waals surface area (Å²) in [5.74, 6) is -0.0533. The van der Waals surface area contributed by atoms with Gasteiger partial charge in [-0.2, -0.15) is 0 Å². The number of aryl methyl sites for hydroxylation is 1. The van der Waals surface area contributed by atoms with Gasteiger partial charge < -0.3 is 20.1 Å². The maximum Gasteiger partial charge on any atom is 0.251 e. The highest BCUT2D eigenvalue weighted by molar-refractivity contribution is 5.94. The van der Waals surface area contributed by atoms with E-state index in [0.29, 0.717) is 44.0 Å². The minimum Gasteiger partial charge on any atom is -0.508 e. The maximum atomic E-state index is 11.9. The van der Waals surface area contributed by atoms with E-state index in [0.717, 1.165) is 0 Å². The van der Waals surface area contributed by atoms with E-state index < -0.39 is 0 Å². The van der Waals surface area contributed by atoms with Crippen molar-refractivity contribution in [1.29, 1.82) is 0 Å². The molecule has 0 spiro atoms. The summed E-state index contributed by atoms with van der Waals surface area (Å²) in [6.07, 6.45) is 0.281. The summed E-state index contributed by atoms with van der Waals surface area (Å²) in [6.45, 7) is 4.41. The summed E-state index contributed by atoms with van der Waals surface area (Å²) in [6, 6.07) is 4.67. The average Bonchev–Trinajstić information content (AvgIpc) is 2.50. The second-order valence-corrected chi connectivity index (χ2v) is 5.00. The van der Waals surface area contributed by atoms with Crippen molar-refractivity contribution in [2.45, 2.75) is 13.3 Å². The number of phenols is 1. The number of morpholine rings is 1. The number of nitrogens with one attached hydrogen (secondary N) is 1. The molecular formula is C15H20N2O4. The van der Waals surface area contributed by atoms with Crippen LogP contribution in [0.25, 0.3) is 0 Å². The van der Waals surface area contributed by atoms with Gasteiger partial charge in [-0.15, -0.1) is 0 Å². The molecule has 0 radical (unpaired) electrons. The van der Waals surface area contributed by atoms with Gasteiger partial charge in [0, 0.05) is 31.6 Å². The minimum absolute atomic E-state index is 0.0282. The van der Waals surface area contributed by atoms with Crippen LogP contribution in [0, 0.1) is 6.92 Å². The molecule has 21 heavy (non-hydrogen) atoms. The van der Waals surface area contributed by atoms with Crippen LogP contribution in [0.15, 0.2) is 18.2 Å². The van der Waals surface area contributed by atoms with Gasteiger partial charge in [0.15, 0.2) is 0 Å². The molecule has 114 valence electrons. The van der Waals surface area contributed by atoms with E-state index in [1.807, 2.05) is 0 Å². The molecule has 1 aliphatic rings. The van der Waals surface area contributed by atoms with Crippen molar-refractivity contribution in [2.75, 3.05) is 32.8 Å². The first-order valence-electron chi connectivity index (χ1n) is 7.01. The van der Waals surface area contributed by atoms with Crippen molar-refractivity contribution < 1.29 is 19.4 Å². The molecule has 0 unspecified atom stereocenters. The zero-order valence-corrected chi connectivity index (χ0v) is 12.1. The van der Waals surface area contributed by atoms with Crippen molar-refractivity contribution in [3.05, 3.63) is 29.3 Å². The lowest BCUT2D eigenvalue weighted by atomic mass is 10.1. The molecule has 6 nitrogen and oxygen atoms in total. The highest BCUT2D eigenvalue weighted by atomic mass is 16.5. The molecular weight excluding hydrogens is 272 g/mol. The Morgan fingerprint density at radius 1 is 1.33 bits per heavy atom. The van der Waals surface area contributed by atoms with Crippen LogP contribution < -0.4 is 5.32 Å². The molecule has 1 aliphatic heterocycles. The number of amides is 2. The summed E-state index contributed by atoms with van der Waals surface area (Å²) in [5, 5.41) is 12.1. The lowest BCUT2D eigenvalue weighted by molar-refractivity contribution is -0.135. The van der Waals surface area contributed by atoms with Gasteiger partial charge in [-0.05, 0) is 30.7 Å². The molecule has 6 heteroatoms. The van der Waals surface area contributed by atoms with E-state index in [9.17, 15) is 14.7 Å². The quantitative estimate of drug-likeness (QED) is 0.855. The van der Waals surface area contributed by atoms with Crippen molar-refractivity contribution >= 4 is 11.8 Å². The van der Waals surface area contributed by atoms with E-state index in [2.05, 4.69) is 5.32 Å². The molecule has 1 saturated heterocycles. The van der Waals surface area contributed by atoms with Crippen molar-refractivity contribution in [3.8, 4) is 5.75 Å². The second-order valence-electron chi connectivity index (χ2n) is 5.00. The SMILES string of the molecule is Cc1cc(C(=O)NCCC(=O)N2CCOCC2)ccc1O. The summed E-state index contributed by atoms with van der Waals surface area (Å²) >= 11 is 0. The minimum atomic E-state index is -0.243. The predicted octanol–water partition coefficient (Wildman–Crippen LogP) is 0.679. The number of hydrogen-bond donors (Lipinski definition) is 2. The first kappa shape index (κ1) is 15.3. The number of carbonyl (C=O) groups is 2. The third kappa shape index (κ3) is 4.19. The van der Waals surface area contributed by atoms with E-state index in [1.165, 1.54) is 6.07 Å². The lowest BCUT2D eigenvalue weighted by Gasteiger charge is -2.26. The smallest absolute Gasteiger partial charge is 0.251 e. The van der Waals surface area contributed by atoms with Crippen LogP contribution >= 0.6 is 0 Å². The Morgan fingerprint density at radius 3 is 2.71 bits per heavy atom. The van der Waals surface area contributed by atoms with Crippen LogP contribution in [-0.2, 0) is 9.53 Å². The molecule has 1 aromatic rings. The van der Waals surface area contributed by atoms with Gasteiger partial charge in [0.1, 0.15) is 5.75 Å². The molecule has 0 aliphatic carbocycles. The highest BCUT2D eigenvalue weighted by Gasteiger charge is 2.16. The topological polar surface area (TPSA) is 78.9 Å². The monoisotopic (exact) mass is 292 g/mol. The van der Waals surface area contributed by atoms with Crippen LogP contribution in [0.5, 0.6) is 5.75 Å². The number of ether oxygens (including phenoxy) is 1. The van der Waals surface area contributed by atoms with Gasteiger partial charge in [-0.25, -0.2) is 0 Å². The Kier molecular flexibility index (Phi) is 5.16. The number of aromatic hydroxyl groups is 1. The van der Waals surface area contributed by atoms with E-state index in [4.69, 9.17) is 4.74 Å². The van der Waals surface area contributed by atoms with Gasteiger partial charge >= 0.3 is 0 Å². The Hall–Kier alpha value is -2.08. The number of rotatable bonds is 4. The Morgan fingerprint density at radius 2 is 2.05 bits per heavy atom. The Balaban J connectivity index is 1.78. The van der Waals surface area contributed by atoms with E-state index in [1.54, 1.807) is 24.0 Å². The number of benzene rings is 1. The molecule has 2 rings (SSSR count). The number of phenolic OH excluding ortho intramolecular Hbond substituents is 1. The van der Waals surface area contributed by atoms with E-state index in [-0.39, 0.29) is 24.0 Å². The molecule has 1 aromatic carbocycles. The fourth-order valence-corrected chi connectivity index (χ4v) is 2.15. The van der Waals surface area contributed by atoms with Gasteiger partial charge in [0.05, 0.1) is 13.2 Å². The van der Waals surface area contributed by atoms with E-state index >= 15 is 0 Å². The number of carbonyl (C=O) groups excluding carboxylic acids is 2.